The summed E-state index contributed by atoms with van der Waals surface area (Å²) < 4.78 is 1.89. The van der Waals surface area contributed by atoms with Crippen molar-refractivity contribution in [3.63, 3.8) is 0 Å². The number of pyridine rings is 1. The van der Waals surface area contributed by atoms with Crippen molar-refractivity contribution in [2.45, 2.75) is 0 Å². The number of hydrogen-bond donors (Lipinski definition) is 1. The monoisotopic (exact) mass is 339 g/mol. The zero-order chi connectivity index (χ0) is 17.8. The molecule has 0 aliphatic rings. The zero-order valence-electron chi connectivity index (χ0n) is 14.0. The topological polar surface area (TPSA) is 46.4 Å². The molecule has 0 saturated heterocycles. The number of imidazole rings is 1. The lowest BCUT2D eigenvalue weighted by Crippen LogP contribution is -2.10. The summed E-state index contributed by atoms with van der Waals surface area (Å²) >= 11 is 0. The Kier molecular flexibility index (Phi) is 4.31. The fourth-order valence-corrected chi connectivity index (χ4v) is 2.81. The predicted molar refractivity (Wildman–Crippen MR) is 105 cm³/mol. The van der Waals surface area contributed by atoms with Gasteiger partial charge in [-0.05, 0) is 23.8 Å². The van der Waals surface area contributed by atoms with Crippen LogP contribution in [0.25, 0.3) is 23.0 Å². The molecule has 0 aliphatic carbocycles. The van der Waals surface area contributed by atoms with Gasteiger partial charge in [-0.15, -0.1) is 0 Å². The number of carbonyl (C=O) groups is 1. The first kappa shape index (κ1) is 15.8. The van der Waals surface area contributed by atoms with E-state index in [0.29, 0.717) is 5.82 Å². The van der Waals surface area contributed by atoms with Gasteiger partial charge >= 0.3 is 0 Å². The molecule has 126 valence electrons. The molecule has 1 amide bonds. The summed E-state index contributed by atoms with van der Waals surface area (Å²) in [5, 5.41) is 2.98. The van der Waals surface area contributed by atoms with E-state index in [4.69, 9.17) is 0 Å². The molecule has 4 nitrogen and oxygen atoms in total. The molecular formula is C22H17N3O. The summed E-state index contributed by atoms with van der Waals surface area (Å²) in [5.74, 6) is 0.464. The maximum Gasteiger partial charge on any atom is 0.249 e. The molecule has 2 aromatic carbocycles. The highest BCUT2D eigenvalue weighted by atomic mass is 16.1. The van der Waals surface area contributed by atoms with Gasteiger partial charge < -0.3 is 5.32 Å². The highest BCUT2D eigenvalue weighted by molar-refractivity contribution is 6.03. The van der Waals surface area contributed by atoms with E-state index in [0.717, 1.165) is 22.5 Å². The van der Waals surface area contributed by atoms with E-state index in [1.165, 1.54) is 6.08 Å². The van der Waals surface area contributed by atoms with Crippen molar-refractivity contribution < 1.29 is 4.79 Å². The Morgan fingerprint density at radius 1 is 0.885 bits per heavy atom. The molecule has 0 unspecified atom stereocenters. The van der Waals surface area contributed by atoms with Crippen molar-refractivity contribution in [1.29, 1.82) is 0 Å². The molecule has 0 atom stereocenters. The van der Waals surface area contributed by atoms with E-state index in [2.05, 4.69) is 10.3 Å². The van der Waals surface area contributed by atoms with Crippen LogP contribution < -0.4 is 5.32 Å². The van der Waals surface area contributed by atoms with Crippen molar-refractivity contribution in [3.8, 4) is 11.3 Å². The smallest absolute Gasteiger partial charge is 0.249 e. The normalized spacial score (nSPS) is 11.1. The van der Waals surface area contributed by atoms with E-state index in [1.54, 1.807) is 6.08 Å². The number of hydrogen-bond acceptors (Lipinski definition) is 2. The molecule has 4 aromatic rings. The van der Waals surface area contributed by atoms with E-state index in [9.17, 15) is 4.79 Å². The number of nitrogens with zero attached hydrogens (tertiary/aromatic N) is 2. The quantitative estimate of drug-likeness (QED) is 0.550. The van der Waals surface area contributed by atoms with Crippen LogP contribution in [0.5, 0.6) is 0 Å². The number of aromatic nitrogens is 2. The molecule has 1 N–H and O–H groups in total. The van der Waals surface area contributed by atoms with Gasteiger partial charge in [-0.2, -0.15) is 0 Å². The second-order valence-electron chi connectivity index (χ2n) is 5.84. The Balaban J connectivity index is 1.69. The molecule has 0 saturated carbocycles. The molecule has 0 spiro atoms. The maximum absolute atomic E-state index is 12.5. The van der Waals surface area contributed by atoms with Crippen LogP contribution >= 0.6 is 0 Å². The molecule has 0 fully saturated rings. The van der Waals surface area contributed by atoms with Crippen molar-refractivity contribution in [2.24, 2.45) is 0 Å². The van der Waals surface area contributed by atoms with Gasteiger partial charge in [0.05, 0.1) is 0 Å². The average molecular weight is 339 g/mol. The van der Waals surface area contributed by atoms with Crippen molar-refractivity contribution in [2.75, 3.05) is 5.32 Å². The van der Waals surface area contributed by atoms with Crippen LogP contribution in [0.2, 0.25) is 0 Å². The largest absolute Gasteiger partial charge is 0.306 e. The van der Waals surface area contributed by atoms with Gasteiger partial charge in [0.2, 0.25) is 5.91 Å². The van der Waals surface area contributed by atoms with Crippen LogP contribution in [0.1, 0.15) is 5.56 Å². The highest BCUT2D eigenvalue weighted by Crippen LogP contribution is 2.28. The van der Waals surface area contributed by atoms with E-state index in [1.807, 2.05) is 89.5 Å². The second-order valence-corrected chi connectivity index (χ2v) is 5.84. The van der Waals surface area contributed by atoms with Gasteiger partial charge in [-0.25, -0.2) is 4.98 Å². The molecule has 0 radical (unpaired) electrons. The lowest BCUT2D eigenvalue weighted by Gasteiger charge is -2.06. The average Bonchev–Trinajstić information content (AvgIpc) is 3.06. The lowest BCUT2D eigenvalue weighted by molar-refractivity contribution is -0.111. The minimum atomic E-state index is -0.198. The fraction of sp³-hybridized carbons (Fsp3) is 0. The van der Waals surface area contributed by atoms with Crippen LogP contribution in [-0.4, -0.2) is 15.3 Å². The molecule has 4 rings (SSSR count). The predicted octanol–water partition coefficient (Wildman–Crippen LogP) is 4.65. The lowest BCUT2D eigenvalue weighted by atomic mass is 10.1. The number of carbonyl (C=O) groups excluding carboxylic acids is 1. The van der Waals surface area contributed by atoms with Gasteiger partial charge in [0.25, 0.3) is 0 Å². The first-order valence-corrected chi connectivity index (χ1v) is 8.38. The van der Waals surface area contributed by atoms with Crippen molar-refractivity contribution in [3.05, 3.63) is 96.7 Å². The van der Waals surface area contributed by atoms with Gasteiger partial charge in [0, 0.05) is 17.8 Å². The number of rotatable bonds is 4. The minimum absolute atomic E-state index is 0.198. The third-order valence-electron chi connectivity index (χ3n) is 4.05. The van der Waals surface area contributed by atoms with E-state index >= 15 is 0 Å². The fourth-order valence-electron chi connectivity index (χ4n) is 2.81. The summed E-state index contributed by atoms with van der Waals surface area (Å²) in [6.45, 7) is 0. The van der Waals surface area contributed by atoms with E-state index < -0.39 is 0 Å². The molecule has 2 aromatic heterocycles. The summed E-state index contributed by atoms with van der Waals surface area (Å²) in [5.41, 5.74) is 3.47. The summed E-state index contributed by atoms with van der Waals surface area (Å²) in [6.07, 6.45) is 5.22. The molecule has 4 heteroatoms. The first-order valence-electron chi connectivity index (χ1n) is 8.38. The van der Waals surface area contributed by atoms with Gasteiger partial charge in [0.15, 0.2) is 0 Å². The third kappa shape index (κ3) is 3.26. The summed E-state index contributed by atoms with van der Waals surface area (Å²) in [4.78, 5) is 17.2. The molecule has 0 bridgehead atoms. The first-order chi connectivity index (χ1) is 12.8. The summed E-state index contributed by atoms with van der Waals surface area (Å²) in [6, 6.07) is 25.3. The van der Waals surface area contributed by atoms with Crippen LogP contribution in [0.4, 0.5) is 5.82 Å². The van der Waals surface area contributed by atoms with Crippen LogP contribution in [0, 0.1) is 0 Å². The Morgan fingerprint density at radius 3 is 2.35 bits per heavy atom. The maximum atomic E-state index is 12.5. The second kappa shape index (κ2) is 7.07. The van der Waals surface area contributed by atoms with Crippen molar-refractivity contribution in [1.82, 2.24) is 9.38 Å². The van der Waals surface area contributed by atoms with Crippen LogP contribution in [0.15, 0.2) is 91.1 Å². The van der Waals surface area contributed by atoms with Crippen LogP contribution in [-0.2, 0) is 4.79 Å². The van der Waals surface area contributed by atoms with E-state index in [-0.39, 0.29) is 5.91 Å². The Hall–Kier alpha value is -3.66. The summed E-state index contributed by atoms with van der Waals surface area (Å²) in [7, 11) is 0. The SMILES string of the molecule is O=C(/C=C/c1ccccc1)Nc1c(-c2ccccc2)nc2ccccn12. The number of benzene rings is 2. The Labute approximate surface area is 151 Å². The number of fused-ring (bicyclic) bond motifs is 1. The van der Waals surface area contributed by atoms with Crippen LogP contribution in [0.3, 0.4) is 0 Å². The third-order valence-corrected chi connectivity index (χ3v) is 4.05. The van der Waals surface area contributed by atoms with Gasteiger partial charge in [-0.3, -0.25) is 9.20 Å². The van der Waals surface area contributed by atoms with Gasteiger partial charge in [-0.1, -0.05) is 66.7 Å². The van der Waals surface area contributed by atoms with Gasteiger partial charge in [0.1, 0.15) is 17.2 Å². The molecule has 26 heavy (non-hydrogen) atoms. The number of amides is 1. The standard InChI is InChI=1S/C22H17N3O/c26-20(15-14-17-9-3-1-4-10-17)24-22-21(18-11-5-2-6-12-18)23-19-13-7-8-16-25(19)22/h1-16H,(H,24,26)/b15-14+. The highest BCUT2D eigenvalue weighted by Gasteiger charge is 2.15. The minimum Gasteiger partial charge on any atom is -0.306 e. The molecular weight excluding hydrogens is 322 g/mol. The molecule has 0 aliphatic heterocycles. The van der Waals surface area contributed by atoms with Crippen molar-refractivity contribution >= 4 is 23.4 Å². The number of anilines is 1. The Bertz CT molecular complexity index is 1070. The molecule has 2 heterocycles. The zero-order valence-corrected chi connectivity index (χ0v) is 14.0. The number of nitrogens with one attached hydrogen (secondary N) is 1. The Morgan fingerprint density at radius 2 is 1.58 bits per heavy atom.